The van der Waals surface area contributed by atoms with Crippen molar-refractivity contribution in [2.75, 3.05) is 49.2 Å². The summed E-state index contributed by atoms with van der Waals surface area (Å²) in [6.07, 6.45) is 7.96. The lowest BCUT2D eigenvalue weighted by Crippen LogP contribution is -2.36. The first kappa shape index (κ1) is 25.5. The minimum atomic E-state index is -0.218. The van der Waals surface area contributed by atoms with Crippen LogP contribution in [0.5, 0.6) is 5.75 Å². The largest absolute Gasteiger partial charge is 0.480 e. The molecule has 0 N–H and O–H groups in total. The summed E-state index contributed by atoms with van der Waals surface area (Å²) >= 11 is 0. The minimum absolute atomic E-state index is 0.218. The van der Waals surface area contributed by atoms with Gasteiger partial charge in [-0.25, -0.2) is 0 Å². The number of nitrogens with zero attached hydrogens (tertiary/aromatic N) is 2. The van der Waals surface area contributed by atoms with Crippen molar-refractivity contribution in [1.82, 2.24) is 0 Å². The molecule has 0 amide bonds. The zero-order valence-corrected chi connectivity index (χ0v) is 22.9. The van der Waals surface area contributed by atoms with Crippen molar-refractivity contribution >= 4 is 28.2 Å². The minimum Gasteiger partial charge on any atom is -0.480 e. The monoisotopic (exact) mass is 518 g/mol. The normalized spacial score (nSPS) is 17.1. The molecule has 2 aliphatic heterocycles. The summed E-state index contributed by atoms with van der Waals surface area (Å²) < 4.78 is 12.7. The second-order valence-corrected chi connectivity index (χ2v) is 10.5. The van der Waals surface area contributed by atoms with Crippen molar-refractivity contribution in [2.45, 2.75) is 32.3 Å². The number of ether oxygens (including phenoxy) is 2. The molecule has 4 nitrogen and oxygen atoms in total. The summed E-state index contributed by atoms with van der Waals surface area (Å²) in [6.45, 7) is 7.62. The van der Waals surface area contributed by atoms with E-state index in [1.807, 2.05) is 0 Å². The maximum atomic E-state index is 7.07. The molecule has 0 aromatic heterocycles. The van der Waals surface area contributed by atoms with E-state index in [0.29, 0.717) is 0 Å². The highest BCUT2D eigenvalue weighted by Crippen LogP contribution is 2.41. The molecule has 200 valence electrons. The quantitative estimate of drug-likeness (QED) is 0.249. The SMILES string of the molecule is C/C=C\c1c(OC(c2ccccc2)c2ccc(N3CCCCC3)cc2)cc(N2CCOCC2)c2ccccc12. The molecule has 2 aliphatic rings. The number of anilines is 2. The van der Waals surface area contributed by atoms with Crippen LogP contribution in [-0.4, -0.2) is 39.4 Å². The molecule has 0 saturated carbocycles. The highest BCUT2D eigenvalue weighted by atomic mass is 16.5. The van der Waals surface area contributed by atoms with Crippen LogP contribution in [0.3, 0.4) is 0 Å². The van der Waals surface area contributed by atoms with E-state index in [1.165, 1.54) is 41.4 Å². The zero-order valence-electron chi connectivity index (χ0n) is 22.9. The highest BCUT2D eigenvalue weighted by Gasteiger charge is 2.23. The molecule has 39 heavy (non-hydrogen) atoms. The standard InChI is InChI=1S/C35H38N2O2/c1-2-11-32-30-14-7-8-15-31(30)33(37-22-24-38-25-23-37)26-34(32)39-35(27-12-5-3-6-13-27)28-16-18-29(19-17-28)36-20-9-4-10-21-36/h2-3,5-8,11-19,26,35H,4,9-10,20-25H2,1H3/b11-2-. The highest BCUT2D eigenvalue weighted by molar-refractivity contribution is 6.01. The number of allylic oxidation sites excluding steroid dienone is 1. The van der Waals surface area contributed by atoms with E-state index in [9.17, 15) is 0 Å². The van der Waals surface area contributed by atoms with Crippen molar-refractivity contribution < 1.29 is 9.47 Å². The average Bonchev–Trinajstić information content (AvgIpc) is 3.02. The maximum absolute atomic E-state index is 7.07. The van der Waals surface area contributed by atoms with Crippen molar-refractivity contribution in [2.24, 2.45) is 0 Å². The molecular weight excluding hydrogens is 480 g/mol. The third-order valence-electron chi connectivity index (χ3n) is 7.98. The first-order chi connectivity index (χ1) is 19.3. The molecule has 2 fully saturated rings. The van der Waals surface area contributed by atoms with E-state index in [0.717, 1.165) is 61.8 Å². The van der Waals surface area contributed by atoms with Crippen LogP contribution in [0.1, 0.15) is 49.0 Å². The molecule has 0 radical (unpaired) electrons. The van der Waals surface area contributed by atoms with Crippen molar-refractivity contribution in [1.29, 1.82) is 0 Å². The number of hydrogen-bond acceptors (Lipinski definition) is 4. The van der Waals surface area contributed by atoms with Gasteiger partial charge < -0.3 is 19.3 Å². The second-order valence-electron chi connectivity index (χ2n) is 10.5. The van der Waals surface area contributed by atoms with Crippen molar-refractivity contribution in [3.05, 3.63) is 108 Å². The molecule has 1 unspecified atom stereocenters. The second kappa shape index (κ2) is 12.0. The van der Waals surface area contributed by atoms with Gasteiger partial charge >= 0.3 is 0 Å². The summed E-state index contributed by atoms with van der Waals surface area (Å²) in [5.41, 5.74) is 5.95. The third-order valence-corrected chi connectivity index (χ3v) is 7.98. The van der Waals surface area contributed by atoms with Crippen molar-refractivity contribution in [3.63, 3.8) is 0 Å². The Morgan fingerprint density at radius 2 is 1.38 bits per heavy atom. The predicted molar refractivity (Wildman–Crippen MR) is 163 cm³/mol. The molecule has 0 bridgehead atoms. The van der Waals surface area contributed by atoms with Crippen LogP contribution < -0.4 is 14.5 Å². The van der Waals surface area contributed by atoms with Gasteiger partial charge in [0.05, 0.1) is 13.2 Å². The topological polar surface area (TPSA) is 24.9 Å². The first-order valence-electron chi connectivity index (χ1n) is 14.4. The van der Waals surface area contributed by atoms with Gasteiger partial charge in [0.1, 0.15) is 11.9 Å². The molecule has 4 aromatic carbocycles. The van der Waals surface area contributed by atoms with Gasteiger partial charge in [0.2, 0.25) is 0 Å². The van der Waals surface area contributed by atoms with Crippen LogP contribution in [0.25, 0.3) is 16.8 Å². The van der Waals surface area contributed by atoms with Gasteiger partial charge in [-0.15, -0.1) is 0 Å². The summed E-state index contributed by atoms with van der Waals surface area (Å²) in [5, 5.41) is 2.46. The van der Waals surface area contributed by atoms with Crippen LogP contribution in [0.2, 0.25) is 0 Å². The molecule has 6 rings (SSSR count). The zero-order chi connectivity index (χ0) is 26.4. The lowest BCUT2D eigenvalue weighted by atomic mass is 9.98. The van der Waals surface area contributed by atoms with Crippen LogP contribution in [-0.2, 0) is 4.74 Å². The van der Waals surface area contributed by atoms with E-state index in [4.69, 9.17) is 9.47 Å². The van der Waals surface area contributed by atoms with E-state index < -0.39 is 0 Å². The number of piperidine rings is 1. The van der Waals surface area contributed by atoms with Gasteiger partial charge in [0.25, 0.3) is 0 Å². The molecule has 4 aromatic rings. The number of rotatable bonds is 7. The van der Waals surface area contributed by atoms with Gasteiger partial charge in [-0.05, 0) is 54.8 Å². The van der Waals surface area contributed by atoms with Crippen LogP contribution in [0.15, 0.2) is 91.0 Å². The molecule has 2 heterocycles. The number of benzene rings is 4. The lowest BCUT2D eigenvalue weighted by Gasteiger charge is -2.31. The smallest absolute Gasteiger partial charge is 0.149 e. The Balaban J connectivity index is 1.43. The summed E-state index contributed by atoms with van der Waals surface area (Å²) in [4.78, 5) is 4.94. The Hall–Kier alpha value is -3.76. The third kappa shape index (κ3) is 5.53. The van der Waals surface area contributed by atoms with E-state index in [1.54, 1.807) is 0 Å². The summed E-state index contributed by atoms with van der Waals surface area (Å²) in [5.74, 6) is 0.905. The average molecular weight is 519 g/mol. The van der Waals surface area contributed by atoms with E-state index >= 15 is 0 Å². The fourth-order valence-electron chi connectivity index (χ4n) is 5.95. The van der Waals surface area contributed by atoms with Gasteiger partial charge in [-0.3, -0.25) is 0 Å². The Kier molecular flexibility index (Phi) is 7.83. The molecular formula is C35H38N2O2. The maximum Gasteiger partial charge on any atom is 0.149 e. The van der Waals surface area contributed by atoms with E-state index in [2.05, 4.69) is 114 Å². The number of fused-ring (bicyclic) bond motifs is 1. The fourth-order valence-corrected chi connectivity index (χ4v) is 5.95. The molecule has 1 atom stereocenters. The number of morpholine rings is 1. The number of hydrogen-bond donors (Lipinski definition) is 0. The van der Waals surface area contributed by atoms with Crippen LogP contribution in [0, 0.1) is 0 Å². The molecule has 4 heteroatoms. The van der Waals surface area contributed by atoms with Gasteiger partial charge in [0.15, 0.2) is 0 Å². The Morgan fingerprint density at radius 3 is 2.10 bits per heavy atom. The lowest BCUT2D eigenvalue weighted by molar-refractivity contribution is 0.123. The molecule has 0 aliphatic carbocycles. The summed E-state index contributed by atoms with van der Waals surface area (Å²) in [7, 11) is 0. The predicted octanol–water partition coefficient (Wildman–Crippen LogP) is 7.87. The van der Waals surface area contributed by atoms with Gasteiger partial charge in [-0.1, -0.05) is 78.9 Å². The van der Waals surface area contributed by atoms with Crippen molar-refractivity contribution in [3.8, 4) is 5.75 Å². The molecule has 2 saturated heterocycles. The summed E-state index contributed by atoms with van der Waals surface area (Å²) in [6, 6.07) is 30.6. The first-order valence-corrected chi connectivity index (χ1v) is 14.4. The van der Waals surface area contributed by atoms with Gasteiger partial charge in [0, 0.05) is 54.6 Å². The van der Waals surface area contributed by atoms with E-state index in [-0.39, 0.29) is 6.10 Å². The fraction of sp³-hybridized carbons (Fsp3) is 0.314. The molecule has 0 spiro atoms. The Labute approximate surface area is 232 Å². The van der Waals surface area contributed by atoms with Crippen LogP contribution >= 0.6 is 0 Å². The Morgan fingerprint density at radius 1 is 0.718 bits per heavy atom. The Bertz CT molecular complexity index is 1400. The van der Waals surface area contributed by atoms with Gasteiger partial charge in [-0.2, -0.15) is 0 Å². The van der Waals surface area contributed by atoms with Crippen LogP contribution in [0.4, 0.5) is 11.4 Å².